The van der Waals surface area contributed by atoms with Gasteiger partial charge in [0.25, 0.3) is 0 Å². The number of unbranched alkanes of at least 4 members (excludes halogenated alkanes) is 4. The van der Waals surface area contributed by atoms with E-state index in [1.54, 1.807) is 12.1 Å². The molecular weight excluding hydrogens is 777 g/mol. The number of fused-ring (bicyclic) bond motifs is 6. The van der Waals surface area contributed by atoms with Gasteiger partial charge in [-0.05, 0) is 81.5 Å². The highest BCUT2D eigenvalue weighted by atomic mass is 32.3. The average Bonchev–Trinajstić information content (AvgIpc) is 3.82. The summed E-state index contributed by atoms with van der Waals surface area (Å²) < 4.78 is 72.0. The molecule has 0 atom stereocenters. The van der Waals surface area contributed by atoms with E-state index in [0.717, 1.165) is 121 Å². The van der Waals surface area contributed by atoms with E-state index in [-0.39, 0.29) is 14.8 Å². The minimum absolute atomic E-state index is 0.0582. The molecule has 294 valence electrons. The second-order valence-electron chi connectivity index (χ2n) is 15.4. The summed E-state index contributed by atoms with van der Waals surface area (Å²) in [4.78, 5) is 13.5. The van der Waals surface area contributed by atoms with Crippen LogP contribution in [-0.2, 0) is 35.9 Å². The zero-order chi connectivity index (χ0) is 40.1. The number of benzene rings is 2. The summed E-state index contributed by atoms with van der Waals surface area (Å²) in [5.41, 5.74) is 6.12. The molecule has 4 aromatic rings. The van der Waals surface area contributed by atoms with Gasteiger partial charge in [0.2, 0.25) is 5.69 Å². The molecule has 2 aromatic heterocycles. The Balaban J connectivity index is 1.37. The smallest absolute Gasteiger partial charge is 0.304 e. The maximum Gasteiger partial charge on any atom is 0.304 e. The van der Waals surface area contributed by atoms with E-state index in [1.807, 2.05) is 37.3 Å². The quantitative estimate of drug-likeness (QED) is 0.0460. The first kappa shape index (κ1) is 41.0. The van der Waals surface area contributed by atoms with Crippen molar-refractivity contribution in [2.75, 3.05) is 18.0 Å². The predicted octanol–water partition coefficient (Wildman–Crippen LogP) is 9.92. The maximum atomic E-state index is 12.2. The molecule has 2 aliphatic heterocycles. The third-order valence-electron chi connectivity index (χ3n) is 10.8. The van der Waals surface area contributed by atoms with E-state index in [2.05, 4.69) is 62.3 Å². The third kappa shape index (κ3) is 7.86. The van der Waals surface area contributed by atoms with Crippen LogP contribution in [0.5, 0.6) is 0 Å². The molecule has 10 nitrogen and oxygen atoms in total. The summed E-state index contributed by atoms with van der Waals surface area (Å²) in [6, 6.07) is 9.19. The molecule has 4 heterocycles. The first-order chi connectivity index (χ1) is 25.8. The van der Waals surface area contributed by atoms with Crippen LogP contribution in [0.2, 0.25) is 0 Å². The first-order valence-electron chi connectivity index (χ1n) is 18.6. The number of rotatable bonds is 15. The van der Waals surface area contributed by atoms with E-state index < -0.39 is 37.0 Å². The molecule has 2 aliphatic rings. The maximum absolute atomic E-state index is 12.2. The number of allylic oxidation sites excluding steroid dienone is 6. The Labute approximate surface area is 331 Å². The number of thiophene rings is 2. The van der Waals surface area contributed by atoms with E-state index >= 15 is 0 Å². The van der Waals surface area contributed by atoms with E-state index in [4.69, 9.17) is 5.11 Å². The lowest BCUT2D eigenvalue weighted by atomic mass is 9.80. The molecule has 14 heteroatoms. The Morgan fingerprint density at radius 2 is 1.53 bits per heavy atom. The molecule has 2 aromatic carbocycles. The van der Waals surface area contributed by atoms with Crippen LogP contribution in [0, 0.1) is 6.92 Å². The number of carboxylic acid groups (broad SMARTS) is 1. The zero-order valence-corrected chi connectivity index (χ0v) is 35.3. The first-order valence-corrected chi connectivity index (χ1v) is 23.1. The second-order valence-corrected chi connectivity index (χ2v) is 20.9. The van der Waals surface area contributed by atoms with Gasteiger partial charge in [0.1, 0.15) is 15.0 Å². The lowest BCUT2D eigenvalue weighted by Crippen LogP contribution is -2.28. The molecule has 0 saturated carbocycles. The van der Waals surface area contributed by atoms with Crippen LogP contribution in [0.25, 0.3) is 20.2 Å². The van der Waals surface area contributed by atoms with Gasteiger partial charge in [0, 0.05) is 74.1 Å². The van der Waals surface area contributed by atoms with Gasteiger partial charge in [-0.2, -0.15) is 21.4 Å². The van der Waals surface area contributed by atoms with Gasteiger partial charge in [-0.3, -0.25) is 13.9 Å². The van der Waals surface area contributed by atoms with Gasteiger partial charge in [-0.15, -0.1) is 22.7 Å². The van der Waals surface area contributed by atoms with Gasteiger partial charge in [0.05, 0.1) is 5.41 Å². The molecule has 0 spiro atoms. The molecule has 55 heavy (non-hydrogen) atoms. The van der Waals surface area contributed by atoms with E-state index in [1.165, 1.54) is 0 Å². The molecule has 0 fully saturated rings. The van der Waals surface area contributed by atoms with Gasteiger partial charge in [0.15, 0.2) is 5.71 Å². The number of aliphatic carboxylic acids is 1. The lowest BCUT2D eigenvalue weighted by Gasteiger charge is -2.27. The minimum atomic E-state index is -4.37. The largest absolute Gasteiger partial charge is 0.481 e. The van der Waals surface area contributed by atoms with Gasteiger partial charge < -0.3 is 10.0 Å². The van der Waals surface area contributed by atoms with Crippen LogP contribution in [0.4, 0.5) is 11.4 Å². The highest BCUT2D eigenvalue weighted by molar-refractivity contribution is 7.88. The van der Waals surface area contributed by atoms with Crippen LogP contribution >= 0.6 is 22.7 Å². The normalized spacial score (nSPS) is 17.5. The summed E-state index contributed by atoms with van der Waals surface area (Å²) in [6.45, 7) is 14.1. The summed E-state index contributed by atoms with van der Waals surface area (Å²) >= 11 is 2.14. The van der Waals surface area contributed by atoms with Gasteiger partial charge in [-0.25, -0.2) is 0 Å². The summed E-state index contributed by atoms with van der Waals surface area (Å²) in [5, 5.41) is 10.8. The Morgan fingerprint density at radius 3 is 2.20 bits per heavy atom. The van der Waals surface area contributed by atoms with Crippen LogP contribution in [0.15, 0.2) is 74.8 Å². The van der Waals surface area contributed by atoms with Crippen LogP contribution in [0.3, 0.4) is 0 Å². The zero-order valence-electron chi connectivity index (χ0n) is 32.0. The predicted molar refractivity (Wildman–Crippen MR) is 223 cm³/mol. The number of hydrogen-bond donors (Lipinski definition) is 3. The fraction of sp³-hybridized carbons (Fsp3) is 0.415. The highest BCUT2D eigenvalue weighted by Gasteiger charge is 2.46. The molecule has 0 unspecified atom stereocenters. The highest BCUT2D eigenvalue weighted by Crippen LogP contribution is 2.53. The fourth-order valence-electron chi connectivity index (χ4n) is 8.28. The molecule has 6 rings (SSSR count). The van der Waals surface area contributed by atoms with Crippen molar-refractivity contribution in [1.82, 2.24) is 0 Å². The fourth-order valence-corrected chi connectivity index (χ4v) is 11.8. The van der Waals surface area contributed by atoms with Gasteiger partial charge in [-0.1, -0.05) is 51.8 Å². The Morgan fingerprint density at radius 1 is 0.836 bits per heavy atom. The summed E-state index contributed by atoms with van der Waals surface area (Å²) in [6.07, 6.45) is 15.6. The molecule has 0 amide bonds. The van der Waals surface area contributed by atoms with Crippen molar-refractivity contribution in [3.63, 3.8) is 0 Å². The third-order valence-corrected chi connectivity index (χ3v) is 15.8. The van der Waals surface area contributed by atoms with Gasteiger partial charge >= 0.3 is 26.2 Å². The van der Waals surface area contributed by atoms with Crippen molar-refractivity contribution < 1.29 is 40.4 Å². The number of carbonyl (C=O) groups is 1. The number of aryl methyl sites for hydroxylation is 1. The lowest BCUT2D eigenvalue weighted by molar-refractivity contribution is -0.438. The molecule has 0 radical (unpaired) electrons. The van der Waals surface area contributed by atoms with Crippen molar-refractivity contribution in [2.24, 2.45) is 0 Å². The van der Waals surface area contributed by atoms with Crippen molar-refractivity contribution >= 4 is 86.1 Å². The molecular formula is C41H49N2O8S4+. The topological polar surface area (TPSA) is 152 Å². The number of carboxylic acids is 1. The SMILES string of the molecule is CCCCCN1/C(=C/C=C/C=C/C2=[N+](CCCCCC(=O)O)c3ccc4sc(S(=O)(=O)O)cc4c3C2(C)C)C(C)(C)c2c1cc(C)c1sc(S(=O)(=O)O)cc21. The van der Waals surface area contributed by atoms with E-state index in [9.17, 15) is 30.7 Å². The monoisotopic (exact) mass is 825 g/mol. The number of hydrogen-bond acceptors (Lipinski definition) is 8. The van der Waals surface area contributed by atoms with Crippen molar-refractivity contribution in [2.45, 2.75) is 106 Å². The Kier molecular flexibility index (Phi) is 11.4. The Bertz CT molecular complexity index is 2530. The van der Waals surface area contributed by atoms with Crippen LogP contribution in [0.1, 0.15) is 96.3 Å². The van der Waals surface area contributed by atoms with Crippen molar-refractivity contribution in [3.05, 3.63) is 83.1 Å². The average molecular weight is 826 g/mol. The van der Waals surface area contributed by atoms with Crippen molar-refractivity contribution in [3.8, 4) is 0 Å². The van der Waals surface area contributed by atoms with Crippen LogP contribution in [-0.4, -0.2) is 60.4 Å². The van der Waals surface area contributed by atoms with Crippen LogP contribution < -0.4 is 4.90 Å². The molecule has 0 saturated heterocycles. The second kappa shape index (κ2) is 15.4. The molecule has 0 aliphatic carbocycles. The summed E-state index contributed by atoms with van der Waals surface area (Å²) in [7, 11) is -8.73. The molecule has 3 N–H and O–H groups in total. The Hall–Kier alpha value is -3.66. The standard InChI is InChI=1S/C41H48N2O8S4/c1-7-8-14-21-43-30-23-26(2)39-28(25-36(53-39)55(49,50)51)38(30)41(5,6)33(43)17-12-9-11-16-32-40(3,4)37-27-24-35(54(46,47)48)52-31(27)20-19-29(37)42(32)22-15-10-13-18-34(44)45/h9,11-12,16-17,19-20,23-25H,7-8,10,13-15,18,21-22H2,1-6H3,(H2-,44,45,46,47,48,49,50,51)/p+1. The van der Waals surface area contributed by atoms with E-state index in [0.29, 0.717) is 13.0 Å². The number of anilines is 1. The molecule has 0 bridgehead atoms. The minimum Gasteiger partial charge on any atom is -0.481 e. The van der Waals surface area contributed by atoms with Crippen molar-refractivity contribution in [1.29, 1.82) is 0 Å². The summed E-state index contributed by atoms with van der Waals surface area (Å²) in [5.74, 6) is -0.811. The number of nitrogens with zero attached hydrogens (tertiary/aromatic N) is 2.